The van der Waals surface area contributed by atoms with E-state index in [0.717, 1.165) is 23.5 Å². The maximum Gasteiger partial charge on any atom is 0.242 e. The molecule has 7 heteroatoms. The summed E-state index contributed by atoms with van der Waals surface area (Å²) < 4.78 is 27.1. The van der Waals surface area contributed by atoms with Gasteiger partial charge in [0.1, 0.15) is 0 Å². The molecule has 0 atom stereocenters. The van der Waals surface area contributed by atoms with E-state index in [-0.39, 0.29) is 4.90 Å². The van der Waals surface area contributed by atoms with Gasteiger partial charge in [-0.15, -0.1) is 11.3 Å². The van der Waals surface area contributed by atoms with Crippen LogP contribution >= 0.6 is 11.3 Å². The quantitative estimate of drug-likeness (QED) is 0.696. The third-order valence-corrected chi connectivity index (χ3v) is 5.70. The van der Waals surface area contributed by atoms with Gasteiger partial charge in [-0.1, -0.05) is 13.8 Å². The van der Waals surface area contributed by atoms with Crippen molar-refractivity contribution in [3.8, 4) is 0 Å². The van der Waals surface area contributed by atoms with Gasteiger partial charge >= 0.3 is 0 Å². The molecule has 2 aromatic heterocycles. The van der Waals surface area contributed by atoms with E-state index in [1.165, 1.54) is 11.1 Å². The van der Waals surface area contributed by atoms with Gasteiger partial charge in [-0.3, -0.25) is 0 Å². The van der Waals surface area contributed by atoms with Gasteiger partial charge in [0.05, 0.1) is 4.90 Å². The van der Waals surface area contributed by atoms with Gasteiger partial charge in [-0.05, 0) is 31.2 Å². The summed E-state index contributed by atoms with van der Waals surface area (Å²) in [5.74, 6) is 0. The molecule has 116 valence electrons. The molecule has 0 spiro atoms. The molecule has 0 aromatic carbocycles. The molecule has 0 saturated heterocycles. The maximum absolute atomic E-state index is 12.2. The predicted molar refractivity (Wildman–Crippen MR) is 85.9 cm³/mol. The molecule has 0 radical (unpaired) electrons. The second kappa shape index (κ2) is 7.22. The van der Waals surface area contributed by atoms with E-state index >= 15 is 0 Å². The summed E-state index contributed by atoms with van der Waals surface area (Å²) in [4.78, 5) is 5.55. The Morgan fingerprint density at radius 2 is 1.95 bits per heavy atom. The summed E-state index contributed by atoms with van der Waals surface area (Å²) in [5, 5.41) is 3.15. The lowest BCUT2D eigenvalue weighted by Crippen LogP contribution is -2.22. The number of nitrogens with one attached hydrogen (secondary N) is 3. The van der Waals surface area contributed by atoms with E-state index in [4.69, 9.17) is 0 Å². The first kappa shape index (κ1) is 16.2. The zero-order valence-corrected chi connectivity index (χ0v) is 13.9. The van der Waals surface area contributed by atoms with E-state index in [2.05, 4.69) is 21.9 Å². The van der Waals surface area contributed by atoms with Crippen molar-refractivity contribution in [2.45, 2.75) is 38.3 Å². The van der Waals surface area contributed by atoms with E-state index < -0.39 is 10.0 Å². The number of aryl methyl sites for hydroxylation is 1. The molecule has 2 aromatic rings. The molecule has 5 nitrogen and oxygen atoms in total. The molecule has 0 unspecified atom stereocenters. The Balaban J connectivity index is 1.99. The summed E-state index contributed by atoms with van der Waals surface area (Å²) in [6.45, 7) is 5.91. The fraction of sp³-hybridized carbons (Fsp3) is 0.429. The van der Waals surface area contributed by atoms with Gasteiger partial charge in [0, 0.05) is 34.7 Å². The van der Waals surface area contributed by atoms with Crippen LogP contribution in [-0.4, -0.2) is 19.9 Å². The Kier molecular flexibility index (Phi) is 5.58. The smallest absolute Gasteiger partial charge is 0.242 e. The number of rotatable bonds is 8. The van der Waals surface area contributed by atoms with Gasteiger partial charge in [0.2, 0.25) is 10.0 Å². The third-order valence-electron chi connectivity index (χ3n) is 3.09. The van der Waals surface area contributed by atoms with Gasteiger partial charge in [-0.25, -0.2) is 13.1 Å². The zero-order valence-electron chi connectivity index (χ0n) is 12.3. The normalized spacial score (nSPS) is 11.9. The van der Waals surface area contributed by atoms with Gasteiger partial charge in [0.25, 0.3) is 0 Å². The molecule has 3 N–H and O–H groups in total. The molecular weight excluding hydrogens is 306 g/mol. The van der Waals surface area contributed by atoms with E-state index in [9.17, 15) is 8.42 Å². The first-order valence-electron chi connectivity index (χ1n) is 7.00. The first-order valence-corrected chi connectivity index (χ1v) is 9.30. The summed E-state index contributed by atoms with van der Waals surface area (Å²) in [7, 11) is -3.46. The standard InChI is InChI=1S/C14H21N3O2S2/c1-3-12-5-6-13(20-12)9-17-21(18,19)14-7-11(16-10-14)8-15-4-2/h5-7,10,15-17H,3-4,8-9H2,1-2H3. The van der Waals surface area contributed by atoms with Crippen LogP contribution in [0.4, 0.5) is 0 Å². The number of thiophene rings is 1. The highest BCUT2D eigenvalue weighted by atomic mass is 32.2. The fourth-order valence-corrected chi connectivity index (χ4v) is 3.91. The summed E-state index contributed by atoms with van der Waals surface area (Å²) >= 11 is 1.64. The second-order valence-electron chi connectivity index (χ2n) is 4.69. The minimum atomic E-state index is -3.46. The van der Waals surface area contributed by atoms with Crippen molar-refractivity contribution in [1.82, 2.24) is 15.0 Å². The van der Waals surface area contributed by atoms with E-state index in [0.29, 0.717) is 13.1 Å². The molecule has 2 heterocycles. The topological polar surface area (TPSA) is 74.0 Å². The van der Waals surface area contributed by atoms with Crippen molar-refractivity contribution < 1.29 is 8.42 Å². The van der Waals surface area contributed by atoms with Crippen LogP contribution in [0.5, 0.6) is 0 Å². The number of hydrogen-bond donors (Lipinski definition) is 3. The van der Waals surface area contributed by atoms with Crippen molar-refractivity contribution >= 4 is 21.4 Å². The van der Waals surface area contributed by atoms with E-state index in [1.807, 2.05) is 19.1 Å². The highest BCUT2D eigenvalue weighted by Gasteiger charge is 2.16. The molecule has 0 aliphatic carbocycles. The molecule has 21 heavy (non-hydrogen) atoms. The lowest BCUT2D eigenvalue weighted by molar-refractivity contribution is 0.582. The molecule has 0 bridgehead atoms. The summed E-state index contributed by atoms with van der Waals surface area (Å²) in [6.07, 6.45) is 2.50. The minimum Gasteiger partial charge on any atom is -0.363 e. The molecule has 2 rings (SSSR count). The van der Waals surface area contributed by atoms with Crippen LogP contribution in [0.25, 0.3) is 0 Å². The molecule has 0 saturated carbocycles. The van der Waals surface area contributed by atoms with Crippen molar-refractivity contribution in [3.05, 3.63) is 39.8 Å². The predicted octanol–water partition coefficient (Wildman–Crippen LogP) is 2.23. The van der Waals surface area contributed by atoms with Crippen LogP contribution in [0.3, 0.4) is 0 Å². The maximum atomic E-state index is 12.2. The fourth-order valence-electron chi connectivity index (χ4n) is 1.89. The Hall–Kier alpha value is -1.15. The largest absolute Gasteiger partial charge is 0.363 e. The van der Waals surface area contributed by atoms with E-state index in [1.54, 1.807) is 17.4 Å². The Morgan fingerprint density at radius 3 is 2.62 bits per heavy atom. The van der Waals surface area contributed by atoms with Crippen LogP contribution in [0, 0.1) is 0 Å². The average Bonchev–Trinajstić information content (AvgIpc) is 3.12. The lowest BCUT2D eigenvalue weighted by Gasteiger charge is -2.03. The Labute approximate surface area is 129 Å². The Bertz CT molecular complexity index is 674. The second-order valence-corrected chi connectivity index (χ2v) is 7.71. The SMILES string of the molecule is CCNCc1cc(S(=O)(=O)NCc2ccc(CC)s2)c[nH]1. The highest BCUT2D eigenvalue weighted by molar-refractivity contribution is 7.89. The van der Waals surface area contributed by atoms with Crippen molar-refractivity contribution in [2.24, 2.45) is 0 Å². The molecule has 0 aliphatic rings. The van der Waals surface area contributed by atoms with Crippen molar-refractivity contribution in [1.29, 1.82) is 0 Å². The molecule has 0 aliphatic heterocycles. The van der Waals surface area contributed by atoms with Gasteiger partial charge in [-0.2, -0.15) is 0 Å². The van der Waals surface area contributed by atoms with Gasteiger partial charge in [0.15, 0.2) is 0 Å². The first-order chi connectivity index (χ1) is 10.0. The van der Waals surface area contributed by atoms with Crippen LogP contribution in [-0.2, 0) is 29.5 Å². The average molecular weight is 327 g/mol. The number of H-pyrrole nitrogens is 1. The Morgan fingerprint density at radius 1 is 1.19 bits per heavy atom. The monoisotopic (exact) mass is 327 g/mol. The number of sulfonamides is 1. The van der Waals surface area contributed by atoms with Crippen LogP contribution in [0.15, 0.2) is 29.3 Å². The summed E-state index contributed by atoms with van der Waals surface area (Å²) in [6, 6.07) is 5.68. The highest BCUT2D eigenvalue weighted by Crippen LogP contribution is 2.18. The number of hydrogen-bond acceptors (Lipinski definition) is 4. The number of aromatic amines is 1. The van der Waals surface area contributed by atoms with Crippen molar-refractivity contribution in [2.75, 3.05) is 6.54 Å². The van der Waals surface area contributed by atoms with Crippen LogP contribution in [0.2, 0.25) is 0 Å². The lowest BCUT2D eigenvalue weighted by atomic mass is 10.4. The van der Waals surface area contributed by atoms with Crippen LogP contribution < -0.4 is 10.0 Å². The summed E-state index contributed by atoms with van der Waals surface area (Å²) in [5.41, 5.74) is 0.863. The third kappa shape index (κ3) is 4.41. The number of aromatic nitrogens is 1. The van der Waals surface area contributed by atoms with Gasteiger partial charge < -0.3 is 10.3 Å². The minimum absolute atomic E-state index is 0.280. The van der Waals surface area contributed by atoms with Crippen LogP contribution in [0.1, 0.15) is 29.3 Å². The molecule has 0 amide bonds. The zero-order chi connectivity index (χ0) is 15.3. The molecule has 0 fully saturated rings. The molecular formula is C14H21N3O2S2. The van der Waals surface area contributed by atoms with Crippen molar-refractivity contribution in [3.63, 3.8) is 0 Å².